The lowest BCUT2D eigenvalue weighted by molar-refractivity contribution is -0.150. The van der Waals surface area contributed by atoms with Gasteiger partial charge in [0.1, 0.15) is 0 Å². The van der Waals surface area contributed by atoms with Gasteiger partial charge in [-0.15, -0.1) is 0 Å². The van der Waals surface area contributed by atoms with Crippen LogP contribution in [0.15, 0.2) is 0 Å². The fourth-order valence-corrected chi connectivity index (χ4v) is 5.17. The lowest BCUT2D eigenvalue weighted by Gasteiger charge is -2.55. The summed E-state index contributed by atoms with van der Waals surface area (Å²) in [6.07, 6.45) is 8.48. The monoisotopic (exact) mass is 305 g/mol. The number of hydrogen-bond acceptors (Lipinski definition) is 3. The maximum absolute atomic E-state index is 12.6. The van der Waals surface area contributed by atoms with Gasteiger partial charge in [-0.05, 0) is 69.1 Å². The van der Waals surface area contributed by atoms with Crippen molar-refractivity contribution in [3.63, 3.8) is 0 Å². The van der Waals surface area contributed by atoms with E-state index in [0.717, 1.165) is 32.1 Å². The van der Waals surface area contributed by atoms with Crippen molar-refractivity contribution in [1.82, 2.24) is 16.2 Å². The molecule has 3 N–H and O–H groups in total. The van der Waals surface area contributed by atoms with Crippen LogP contribution in [0.4, 0.5) is 0 Å². The summed E-state index contributed by atoms with van der Waals surface area (Å²) in [5.41, 5.74) is 4.49. The smallest absolute Gasteiger partial charge is 0.327 e. The topological polar surface area (TPSA) is 87.3 Å². The molecule has 6 nitrogen and oxygen atoms in total. The van der Waals surface area contributed by atoms with Crippen molar-refractivity contribution in [3.8, 4) is 0 Å². The largest absolute Gasteiger partial charge is 0.345 e. The van der Waals surface area contributed by atoms with Gasteiger partial charge in [-0.3, -0.25) is 25.2 Å². The van der Waals surface area contributed by atoms with Crippen molar-refractivity contribution >= 4 is 17.7 Å². The zero-order valence-corrected chi connectivity index (χ0v) is 12.7. The van der Waals surface area contributed by atoms with Gasteiger partial charge in [0.2, 0.25) is 5.91 Å². The molecular weight excluding hydrogens is 282 g/mol. The Bertz CT molecular complexity index is 491. The first-order chi connectivity index (χ1) is 10.5. The highest BCUT2D eigenvalue weighted by Gasteiger charge is 2.54. The van der Waals surface area contributed by atoms with Crippen LogP contribution >= 0.6 is 0 Å². The normalized spacial score (nSPS) is 38.5. The molecule has 5 fully saturated rings. The maximum Gasteiger partial charge on any atom is 0.327 e. The van der Waals surface area contributed by atoms with Crippen LogP contribution in [-0.2, 0) is 14.4 Å². The highest BCUT2D eigenvalue weighted by molar-refractivity contribution is 6.35. The summed E-state index contributed by atoms with van der Waals surface area (Å²) in [6.45, 7) is 0. The second kappa shape index (κ2) is 4.96. The van der Waals surface area contributed by atoms with Gasteiger partial charge in [0, 0.05) is 6.04 Å². The highest BCUT2D eigenvalue weighted by atomic mass is 16.2. The van der Waals surface area contributed by atoms with E-state index in [1.54, 1.807) is 0 Å². The first kappa shape index (κ1) is 14.0. The van der Waals surface area contributed by atoms with Gasteiger partial charge in [0.05, 0.1) is 5.41 Å². The molecule has 0 spiro atoms. The number of hydrogen-bond donors (Lipinski definition) is 3. The van der Waals surface area contributed by atoms with E-state index >= 15 is 0 Å². The Hall–Kier alpha value is -1.59. The van der Waals surface area contributed by atoms with E-state index in [4.69, 9.17) is 0 Å². The molecule has 4 bridgehead atoms. The van der Waals surface area contributed by atoms with Crippen LogP contribution in [0, 0.1) is 23.2 Å². The molecule has 120 valence electrons. The SMILES string of the molecule is O=C(NNC(=O)C12CC3CC(CC(C3)C1)C2)C(=O)NC1CC1. The summed E-state index contributed by atoms with van der Waals surface area (Å²) >= 11 is 0. The predicted molar refractivity (Wildman–Crippen MR) is 78.1 cm³/mol. The van der Waals surface area contributed by atoms with Crippen LogP contribution in [0.25, 0.3) is 0 Å². The van der Waals surface area contributed by atoms with Gasteiger partial charge in [-0.25, -0.2) is 0 Å². The summed E-state index contributed by atoms with van der Waals surface area (Å²) in [6, 6.07) is 0.136. The first-order valence-electron chi connectivity index (χ1n) is 8.45. The third-order valence-electron chi connectivity index (χ3n) is 5.93. The Morgan fingerprint density at radius 1 is 0.773 bits per heavy atom. The number of carbonyl (C=O) groups excluding carboxylic acids is 3. The third kappa shape index (κ3) is 2.48. The molecule has 0 aromatic heterocycles. The lowest BCUT2D eigenvalue weighted by Crippen LogP contribution is -2.58. The van der Waals surface area contributed by atoms with Gasteiger partial charge >= 0.3 is 11.8 Å². The fourth-order valence-electron chi connectivity index (χ4n) is 5.17. The van der Waals surface area contributed by atoms with Gasteiger partial charge in [0.25, 0.3) is 0 Å². The molecule has 5 aliphatic rings. The van der Waals surface area contributed by atoms with Crippen LogP contribution in [0.3, 0.4) is 0 Å². The Morgan fingerprint density at radius 3 is 1.82 bits per heavy atom. The number of amides is 3. The molecule has 0 unspecified atom stereocenters. The van der Waals surface area contributed by atoms with Gasteiger partial charge in [-0.2, -0.15) is 0 Å². The number of nitrogens with one attached hydrogen (secondary N) is 3. The summed E-state index contributed by atoms with van der Waals surface area (Å²) in [4.78, 5) is 35.9. The second-order valence-electron chi connectivity index (χ2n) is 7.85. The standard InChI is InChI=1S/C16H23N3O3/c20-13(17-12-1-2-12)14(21)18-19-15(22)16-6-9-3-10(7-16)5-11(4-9)8-16/h9-12H,1-8H2,(H,17,20)(H,18,21)(H,19,22). The van der Waals surface area contributed by atoms with E-state index in [2.05, 4.69) is 16.2 Å². The number of carbonyl (C=O) groups is 3. The molecule has 0 radical (unpaired) electrons. The summed E-state index contributed by atoms with van der Waals surface area (Å²) < 4.78 is 0. The maximum atomic E-state index is 12.6. The Labute approximate surface area is 129 Å². The van der Waals surface area contributed by atoms with E-state index in [9.17, 15) is 14.4 Å². The molecule has 0 aromatic carbocycles. The molecule has 0 atom stereocenters. The van der Waals surface area contributed by atoms with Crippen LogP contribution in [0.5, 0.6) is 0 Å². The highest BCUT2D eigenvalue weighted by Crippen LogP contribution is 2.59. The average Bonchev–Trinajstić information content (AvgIpc) is 3.26. The van der Waals surface area contributed by atoms with Crippen molar-refractivity contribution in [2.24, 2.45) is 23.2 Å². The van der Waals surface area contributed by atoms with E-state index in [1.165, 1.54) is 19.3 Å². The van der Waals surface area contributed by atoms with E-state index < -0.39 is 11.8 Å². The molecule has 22 heavy (non-hydrogen) atoms. The summed E-state index contributed by atoms with van der Waals surface area (Å²) in [7, 11) is 0. The molecule has 6 heteroatoms. The predicted octanol–water partition coefficient (Wildman–Crippen LogP) is 0.629. The van der Waals surface area contributed by atoms with Gasteiger partial charge in [0.15, 0.2) is 0 Å². The summed E-state index contributed by atoms with van der Waals surface area (Å²) in [5, 5.41) is 2.61. The van der Waals surface area contributed by atoms with Crippen molar-refractivity contribution in [2.75, 3.05) is 0 Å². The first-order valence-corrected chi connectivity index (χ1v) is 8.45. The van der Waals surface area contributed by atoms with Gasteiger partial charge < -0.3 is 5.32 Å². The second-order valence-corrected chi connectivity index (χ2v) is 7.85. The lowest BCUT2D eigenvalue weighted by atomic mass is 9.49. The molecule has 0 saturated heterocycles. The molecule has 0 heterocycles. The van der Waals surface area contributed by atoms with E-state index in [-0.39, 0.29) is 17.4 Å². The van der Waals surface area contributed by atoms with Crippen molar-refractivity contribution in [3.05, 3.63) is 0 Å². The fraction of sp³-hybridized carbons (Fsp3) is 0.812. The van der Waals surface area contributed by atoms with Crippen LogP contribution in [0.1, 0.15) is 51.4 Å². The van der Waals surface area contributed by atoms with E-state index in [0.29, 0.717) is 17.8 Å². The summed E-state index contributed by atoms with van der Waals surface area (Å²) in [5.74, 6) is 0.486. The Kier molecular flexibility index (Phi) is 3.16. The minimum atomic E-state index is -0.773. The average molecular weight is 305 g/mol. The Morgan fingerprint density at radius 2 is 1.32 bits per heavy atom. The molecule has 5 saturated carbocycles. The van der Waals surface area contributed by atoms with Crippen molar-refractivity contribution < 1.29 is 14.4 Å². The Balaban J connectivity index is 1.34. The van der Waals surface area contributed by atoms with Crippen molar-refractivity contribution in [1.29, 1.82) is 0 Å². The quantitative estimate of drug-likeness (QED) is 0.516. The molecular formula is C16H23N3O3. The minimum Gasteiger partial charge on any atom is -0.345 e. The molecule has 5 rings (SSSR count). The number of hydrazine groups is 1. The van der Waals surface area contributed by atoms with Crippen LogP contribution in [-0.4, -0.2) is 23.8 Å². The number of rotatable bonds is 2. The third-order valence-corrected chi connectivity index (χ3v) is 5.93. The minimum absolute atomic E-state index is 0.0980. The molecule has 5 aliphatic carbocycles. The zero-order chi connectivity index (χ0) is 15.3. The molecule has 0 aliphatic heterocycles. The zero-order valence-electron chi connectivity index (χ0n) is 12.7. The molecule has 0 aromatic rings. The van der Waals surface area contributed by atoms with Crippen molar-refractivity contribution in [2.45, 2.75) is 57.4 Å². The van der Waals surface area contributed by atoms with Gasteiger partial charge in [-0.1, -0.05) is 0 Å². The van der Waals surface area contributed by atoms with Crippen LogP contribution < -0.4 is 16.2 Å². The molecule has 3 amide bonds. The van der Waals surface area contributed by atoms with Crippen LogP contribution in [0.2, 0.25) is 0 Å². The van der Waals surface area contributed by atoms with E-state index in [1.807, 2.05) is 0 Å².